The summed E-state index contributed by atoms with van der Waals surface area (Å²) >= 11 is 1.38. The van der Waals surface area contributed by atoms with Gasteiger partial charge in [-0.05, 0) is 26.3 Å². The van der Waals surface area contributed by atoms with E-state index >= 15 is 0 Å². The number of nitrogens with one attached hydrogen (secondary N) is 1. The maximum Gasteiger partial charge on any atom is 0.242 e. The van der Waals surface area contributed by atoms with Gasteiger partial charge in [-0.15, -0.1) is 11.3 Å². The molecule has 2 fully saturated rings. The lowest BCUT2D eigenvalue weighted by molar-refractivity contribution is -0.125. The summed E-state index contributed by atoms with van der Waals surface area (Å²) in [6, 6.07) is 0.133. The molecule has 2 heterocycles. The van der Waals surface area contributed by atoms with Gasteiger partial charge in [0.25, 0.3) is 0 Å². The van der Waals surface area contributed by atoms with Crippen molar-refractivity contribution in [1.29, 1.82) is 0 Å². The van der Waals surface area contributed by atoms with E-state index in [1.807, 2.05) is 19.2 Å². The molecule has 0 bridgehead atoms. The van der Waals surface area contributed by atoms with Crippen molar-refractivity contribution in [1.82, 2.24) is 10.3 Å². The number of thiazole rings is 1. The van der Waals surface area contributed by atoms with Gasteiger partial charge in [0.2, 0.25) is 11.8 Å². The summed E-state index contributed by atoms with van der Waals surface area (Å²) in [5, 5.41) is 5.76. The molecule has 1 unspecified atom stereocenters. The Hall–Kier alpha value is -1.27. The molecule has 1 saturated heterocycles. The number of hydrogen-bond donors (Lipinski definition) is 1. The number of carbonyl (C=O) groups is 2. The second-order valence-electron chi connectivity index (χ2n) is 6.03. The molecule has 0 radical (unpaired) electrons. The van der Waals surface area contributed by atoms with Crippen LogP contribution >= 0.6 is 11.3 Å². The molecule has 1 aliphatic heterocycles. The fourth-order valence-electron chi connectivity index (χ4n) is 3.42. The van der Waals surface area contributed by atoms with Crippen LogP contribution in [0.2, 0.25) is 0 Å². The van der Waals surface area contributed by atoms with Crippen LogP contribution in [-0.2, 0) is 9.59 Å². The molecule has 1 aromatic rings. The maximum absolute atomic E-state index is 12.7. The highest BCUT2D eigenvalue weighted by atomic mass is 32.1. The minimum atomic E-state index is -0.420. The summed E-state index contributed by atoms with van der Waals surface area (Å²) in [6.07, 6.45) is 4.16. The monoisotopic (exact) mass is 307 g/mol. The molecule has 2 amide bonds. The molecule has 6 heteroatoms. The first-order chi connectivity index (χ1) is 10.1. The smallest absolute Gasteiger partial charge is 0.242 e. The molecule has 114 valence electrons. The maximum atomic E-state index is 12.7. The molecule has 1 aromatic heterocycles. The van der Waals surface area contributed by atoms with Gasteiger partial charge in [0.15, 0.2) is 5.13 Å². The molecule has 1 atom stereocenters. The average molecular weight is 307 g/mol. The van der Waals surface area contributed by atoms with Crippen LogP contribution in [0.4, 0.5) is 5.13 Å². The Morgan fingerprint density at radius 1 is 1.43 bits per heavy atom. The first-order valence-electron chi connectivity index (χ1n) is 7.63. The summed E-state index contributed by atoms with van der Waals surface area (Å²) in [6.45, 7) is 4.94. The Labute approximate surface area is 128 Å². The van der Waals surface area contributed by atoms with Gasteiger partial charge < -0.3 is 5.32 Å². The van der Waals surface area contributed by atoms with E-state index in [9.17, 15) is 9.59 Å². The third-order valence-corrected chi connectivity index (χ3v) is 5.46. The van der Waals surface area contributed by atoms with E-state index < -0.39 is 5.41 Å². The predicted molar refractivity (Wildman–Crippen MR) is 82.2 cm³/mol. The SMILES string of the molecule is CCNC(C)c1csc(N2C(=O)CC3(CCCC3)C2=O)n1. The van der Waals surface area contributed by atoms with Crippen molar-refractivity contribution in [3.63, 3.8) is 0 Å². The number of amides is 2. The van der Waals surface area contributed by atoms with Crippen LogP contribution in [0.5, 0.6) is 0 Å². The number of rotatable bonds is 4. The fraction of sp³-hybridized carbons (Fsp3) is 0.667. The quantitative estimate of drug-likeness (QED) is 0.869. The molecule has 1 saturated carbocycles. The first-order valence-corrected chi connectivity index (χ1v) is 8.51. The van der Waals surface area contributed by atoms with Gasteiger partial charge in [-0.25, -0.2) is 9.88 Å². The summed E-state index contributed by atoms with van der Waals surface area (Å²) in [5.41, 5.74) is 0.473. The van der Waals surface area contributed by atoms with Crippen LogP contribution in [0.1, 0.15) is 57.7 Å². The summed E-state index contributed by atoms with van der Waals surface area (Å²) < 4.78 is 0. The average Bonchev–Trinajstić information content (AvgIpc) is 3.13. The molecule has 21 heavy (non-hydrogen) atoms. The number of anilines is 1. The van der Waals surface area contributed by atoms with Crippen molar-refractivity contribution < 1.29 is 9.59 Å². The van der Waals surface area contributed by atoms with Gasteiger partial charge in [-0.2, -0.15) is 0 Å². The Bertz CT molecular complexity index is 563. The van der Waals surface area contributed by atoms with Crippen LogP contribution in [0.3, 0.4) is 0 Å². The highest BCUT2D eigenvalue weighted by molar-refractivity contribution is 7.14. The van der Waals surface area contributed by atoms with Crippen LogP contribution in [-0.4, -0.2) is 23.3 Å². The lowest BCUT2D eigenvalue weighted by atomic mass is 9.85. The lowest BCUT2D eigenvalue weighted by Gasteiger charge is -2.19. The van der Waals surface area contributed by atoms with E-state index in [-0.39, 0.29) is 17.9 Å². The number of aromatic nitrogens is 1. The van der Waals surface area contributed by atoms with E-state index in [4.69, 9.17) is 0 Å². The Morgan fingerprint density at radius 3 is 2.81 bits per heavy atom. The van der Waals surface area contributed by atoms with Gasteiger partial charge in [-0.3, -0.25) is 9.59 Å². The minimum Gasteiger partial charge on any atom is -0.309 e. The molecule has 0 aromatic carbocycles. The molecule has 5 nitrogen and oxygen atoms in total. The highest BCUT2D eigenvalue weighted by Gasteiger charge is 2.53. The fourth-order valence-corrected chi connectivity index (χ4v) is 4.35. The second-order valence-corrected chi connectivity index (χ2v) is 6.87. The lowest BCUT2D eigenvalue weighted by Crippen LogP contribution is -2.34. The predicted octanol–water partition coefficient (Wildman–Crippen LogP) is 2.64. The topological polar surface area (TPSA) is 62.3 Å². The molecule has 3 rings (SSSR count). The Balaban J connectivity index is 1.84. The highest BCUT2D eigenvalue weighted by Crippen LogP contribution is 2.48. The molecule has 1 spiro atoms. The Morgan fingerprint density at radius 2 is 2.14 bits per heavy atom. The zero-order chi connectivity index (χ0) is 15.0. The van der Waals surface area contributed by atoms with Crippen LogP contribution in [0.25, 0.3) is 0 Å². The second kappa shape index (κ2) is 5.50. The van der Waals surface area contributed by atoms with E-state index in [0.717, 1.165) is 37.9 Å². The van der Waals surface area contributed by atoms with Gasteiger partial charge in [0, 0.05) is 17.8 Å². The summed E-state index contributed by atoms with van der Waals surface area (Å²) in [5.74, 6) is -0.110. The molecule has 1 aliphatic carbocycles. The largest absolute Gasteiger partial charge is 0.309 e. The van der Waals surface area contributed by atoms with E-state index in [1.54, 1.807) is 0 Å². The molecular formula is C15H21N3O2S. The normalized spacial score (nSPS) is 22.5. The third kappa shape index (κ3) is 2.40. The molecule has 1 N–H and O–H groups in total. The zero-order valence-corrected chi connectivity index (χ0v) is 13.3. The molecular weight excluding hydrogens is 286 g/mol. The van der Waals surface area contributed by atoms with E-state index in [0.29, 0.717) is 11.6 Å². The first kappa shape index (κ1) is 14.7. The van der Waals surface area contributed by atoms with Gasteiger partial charge in [0.1, 0.15) is 0 Å². The van der Waals surface area contributed by atoms with Gasteiger partial charge >= 0.3 is 0 Å². The van der Waals surface area contributed by atoms with Crippen molar-refractivity contribution in [3.05, 3.63) is 11.1 Å². The van der Waals surface area contributed by atoms with Crippen LogP contribution in [0.15, 0.2) is 5.38 Å². The van der Waals surface area contributed by atoms with Crippen molar-refractivity contribution in [2.24, 2.45) is 5.41 Å². The summed E-state index contributed by atoms with van der Waals surface area (Å²) in [4.78, 5) is 30.8. The number of hydrogen-bond acceptors (Lipinski definition) is 5. The van der Waals surface area contributed by atoms with E-state index in [2.05, 4.69) is 10.3 Å². The summed E-state index contributed by atoms with van der Waals surface area (Å²) in [7, 11) is 0. The zero-order valence-electron chi connectivity index (χ0n) is 12.5. The minimum absolute atomic E-state index is 0.0259. The van der Waals surface area contributed by atoms with Crippen LogP contribution < -0.4 is 10.2 Å². The van der Waals surface area contributed by atoms with Crippen molar-refractivity contribution in [2.45, 2.75) is 52.0 Å². The van der Waals surface area contributed by atoms with Crippen molar-refractivity contribution in [3.8, 4) is 0 Å². The third-order valence-electron chi connectivity index (χ3n) is 4.61. The molecule has 2 aliphatic rings. The van der Waals surface area contributed by atoms with E-state index in [1.165, 1.54) is 16.2 Å². The number of imide groups is 1. The van der Waals surface area contributed by atoms with Crippen molar-refractivity contribution >= 4 is 28.3 Å². The standard InChI is InChI=1S/C15H21N3O2S/c1-3-16-10(2)11-9-21-14(17-11)18-12(19)8-15(13(18)20)6-4-5-7-15/h9-10,16H,3-8H2,1-2H3. The van der Waals surface area contributed by atoms with Gasteiger partial charge in [0.05, 0.1) is 11.1 Å². The van der Waals surface area contributed by atoms with Gasteiger partial charge in [-0.1, -0.05) is 19.8 Å². The van der Waals surface area contributed by atoms with Crippen LogP contribution in [0, 0.1) is 5.41 Å². The van der Waals surface area contributed by atoms with Crippen molar-refractivity contribution in [2.75, 3.05) is 11.4 Å². The number of nitrogens with zero attached hydrogens (tertiary/aromatic N) is 2. The number of carbonyl (C=O) groups excluding carboxylic acids is 2. The Kier molecular flexibility index (Phi) is 3.84.